The Balaban J connectivity index is 1.78. The van der Waals surface area contributed by atoms with E-state index in [-0.39, 0.29) is 0 Å². The minimum atomic E-state index is 0.480. The van der Waals surface area contributed by atoms with E-state index in [2.05, 4.69) is 30.0 Å². The molecule has 0 amide bonds. The van der Waals surface area contributed by atoms with Gasteiger partial charge in [0.2, 0.25) is 0 Å². The number of fused-ring (bicyclic) bond motifs is 1. The maximum Gasteiger partial charge on any atom is 0.128 e. The quantitative estimate of drug-likeness (QED) is 0.857. The highest BCUT2D eigenvalue weighted by Crippen LogP contribution is 2.42. The summed E-state index contributed by atoms with van der Waals surface area (Å²) in [5.74, 6) is 0.741. The Morgan fingerprint density at radius 2 is 1.94 bits per heavy atom. The normalized spacial score (nSPS) is 21.4. The summed E-state index contributed by atoms with van der Waals surface area (Å²) in [6.07, 6.45) is 6.71. The predicted molar refractivity (Wildman–Crippen MR) is 74.9 cm³/mol. The molecule has 1 saturated carbocycles. The van der Waals surface area contributed by atoms with Gasteiger partial charge in [0.15, 0.2) is 0 Å². The fourth-order valence-corrected chi connectivity index (χ4v) is 3.63. The van der Waals surface area contributed by atoms with Crippen LogP contribution < -0.4 is 0 Å². The van der Waals surface area contributed by atoms with Crippen molar-refractivity contribution in [3.63, 3.8) is 0 Å². The van der Waals surface area contributed by atoms with E-state index >= 15 is 0 Å². The summed E-state index contributed by atoms with van der Waals surface area (Å²) < 4.78 is 0. The number of nitrogens with one attached hydrogen (secondary N) is 1. The summed E-state index contributed by atoms with van der Waals surface area (Å²) in [6, 6.07) is 8.38. The van der Waals surface area contributed by atoms with E-state index in [0.717, 1.165) is 24.5 Å². The van der Waals surface area contributed by atoms with Crippen molar-refractivity contribution in [2.45, 2.75) is 45.6 Å². The van der Waals surface area contributed by atoms with E-state index in [4.69, 9.17) is 5.41 Å². The third-order valence-electron chi connectivity index (χ3n) is 4.89. The molecule has 2 heteroatoms. The van der Waals surface area contributed by atoms with E-state index < -0.39 is 0 Å². The molecule has 18 heavy (non-hydrogen) atoms. The lowest BCUT2D eigenvalue weighted by Gasteiger charge is -2.33. The van der Waals surface area contributed by atoms with Gasteiger partial charge in [-0.3, -0.25) is 5.41 Å². The number of rotatable bonds is 3. The Kier molecular flexibility index (Phi) is 2.89. The third-order valence-corrected chi connectivity index (χ3v) is 4.89. The van der Waals surface area contributed by atoms with Gasteiger partial charge in [0.05, 0.1) is 0 Å². The molecule has 96 valence electrons. The zero-order valence-corrected chi connectivity index (χ0v) is 11.2. The van der Waals surface area contributed by atoms with Crippen LogP contribution >= 0.6 is 0 Å². The second-order valence-electron chi connectivity index (χ2n) is 5.92. The van der Waals surface area contributed by atoms with E-state index in [1.807, 2.05) is 6.07 Å². The largest absolute Gasteiger partial charge is 0.352 e. The van der Waals surface area contributed by atoms with Crippen LogP contribution in [0.3, 0.4) is 0 Å². The maximum absolute atomic E-state index is 8.34. The van der Waals surface area contributed by atoms with Gasteiger partial charge in [-0.05, 0) is 30.2 Å². The summed E-state index contributed by atoms with van der Waals surface area (Å²) in [5.41, 5.74) is 2.95. The van der Waals surface area contributed by atoms with Crippen LogP contribution in [0, 0.1) is 10.8 Å². The fourth-order valence-electron chi connectivity index (χ4n) is 3.63. The molecule has 1 N–H and O–H groups in total. The molecule has 0 radical (unpaired) electrons. The molecule has 1 aliphatic carbocycles. The van der Waals surface area contributed by atoms with Gasteiger partial charge < -0.3 is 4.90 Å². The first-order valence-electron chi connectivity index (χ1n) is 7.16. The van der Waals surface area contributed by atoms with Crippen LogP contribution in [0.1, 0.15) is 50.2 Å². The molecule has 2 aliphatic rings. The standard InChI is InChI=1S/C16H22N2/c1-2-16(9-5-6-10-16)12-18-11-13-7-3-4-8-14(13)15(18)17/h3-4,7-8,17H,2,5-6,9-12H2,1H3. The van der Waals surface area contributed by atoms with Crippen molar-refractivity contribution < 1.29 is 0 Å². The Morgan fingerprint density at radius 3 is 2.61 bits per heavy atom. The van der Waals surface area contributed by atoms with Gasteiger partial charge in [0, 0.05) is 18.7 Å². The summed E-state index contributed by atoms with van der Waals surface area (Å²) in [6.45, 7) is 4.34. The highest BCUT2D eigenvalue weighted by atomic mass is 15.2. The van der Waals surface area contributed by atoms with Gasteiger partial charge in [-0.1, -0.05) is 44.0 Å². The average Bonchev–Trinajstić information content (AvgIpc) is 2.98. The average molecular weight is 242 g/mol. The number of amidine groups is 1. The number of nitrogens with zero attached hydrogens (tertiary/aromatic N) is 1. The predicted octanol–water partition coefficient (Wildman–Crippen LogP) is 3.80. The lowest BCUT2D eigenvalue weighted by Crippen LogP contribution is -2.36. The molecule has 0 spiro atoms. The zero-order chi connectivity index (χ0) is 12.6. The van der Waals surface area contributed by atoms with E-state index in [9.17, 15) is 0 Å². The van der Waals surface area contributed by atoms with Crippen molar-refractivity contribution in [3.8, 4) is 0 Å². The van der Waals surface area contributed by atoms with Gasteiger partial charge >= 0.3 is 0 Å². The van der Waals surface area contributed by atoms with Gasteiger partial charge in [-0.25, -0.2) is 0 Å². The molecule has 0 unspecified atom stereocenters. The second kappa shape index (κ2) is 4.42. The molecule has 1 aliphatic heterocycles. The van der Waals surface area contributed by atoms with E-state index in [1.165, 1.54) is 37.7 Å². The summed E-state index contributed by atoms with van der Waals surface area (Å²) >= 11 is 0. The maximum atomic E-state index is 8.34. The van der Waals surface area contributed by atoms with E-state index in [1.54, 1.807) is 0 Å². The lowest BCUT2D eigenvalue weighted by atomic mass is 9.83. The molecule has 2 nitrogen and oxygen atoms in total. The smallest absolute Gasteiger partial charge is 0.128 e. The molecular weight excluding hydrogens is 220 g/mol. The monoisotopic (exact) mass is 242 g/mol. The van der Waals surface area contributed by atoms with Crippen LogP contribution in [0.15, 0.2) is 24.3 Å². The van der Waals surface area contributed by atoms with Crippen LogP contribution in [0.4, 0.5) is 0 Å². The highest BCUT2D eigenvalue weighted by molar-refractivity contribution is 6.00. The van der Waals surface area contributed by atoms with Crippen LogP contribution in [-0.4, -0.2) is 17.3 Å². The lowest BCUT2D eigenvalue weighted by molar-refractivity contribution is 0.203. The van der Waals surface area contributed by atoms with Gasteiger partial charge in [-0.15, -0.1) is 0 Å². The Hall–Kier alpha value is -1.31. The number of hydrogen-bond acceptors (Lipinski definition) is 1. The number of hydrogen-bond donors (Lipinski definition) is 1. The van der Waals surface area contributed by atoms with Crippen molar-refractivity contribution >= 4 is 5.84 Å². The summed E-state index contributed by atoms with van der Waals surface area (Å²) in [7, 11) is 0. The zero-order valence-electron chi connectivity index (χ0n) is 11.2. The fraction of sp³-hybridized carbons (Fsp3) is 0.562. The van der Waals surface area contributed by atoms with E-state index in [0.29, 0.717) is 5.41 Å². The molecule has 1 aromatic carbocycles. The summed E-state index contributed by atoms with van der Waals surface area (Å²) in [5, 5.41) is 8.34. The SMILES string of the molecule is CCC1(CN2Cc3ccccc3C2=N)CCCC1. The second-order valence-corrected chi connectivity index (χ2v) is 5.92. The Morgan fingerprint density at radius 1 is 1.22 bits per heavy atom. The minimum Gasteiger partial charge on any atom is -0.352 e. The first-order valence-corrected chi connectivity index (χ1v) is 7.16. The Labute approximate surface area is 110 Å². The highest BCUT2D eigenvalue weighted by Gasteiger charge is 2.36. The van der Waals surface area contributed by atoms with Crippen molar-refractivity contribution in [2.75, 3.05) is 6.54 Å². The molecule has 1 aromatic rings. The molecule has 0 saturated heterocycles. The summed E-state index contributed by atoms with van der Waals surface area (Å²) in [4.78, 5) is 2.29. The van der Waals surface area contributed by atoms with Gasteiger partial charge in [-0.2, -0.15) is 0 Å². The molecular formula is C16H22N2. The minimum absolute atomic E-state index is 0.480. The molecule has 0 bridgehead atoms. The Bertz CT molecular complexity index is 458. The van der Waals surface area contributed by atoms with Crippen molar-refractivity contribution in [1.82, 2.24) is 4.90 Å². The van der Waals surface area contributed by atoms with Gasteiger partial charge in [0.25, 0.3) is 0 Å². The molecule has 0 atom stereocenters. The van der Waals surface area contributed by atoms with Crippen molar-refractivity contribution in [3.05, 3.63) is 35.4 Å². The first kappa shape index (κ1) is 11.8. The number of benzene rings is 1. The third kappa shape index (κ3) is 1.84. The van der Waals surface area contributed by atoms with Crippen LogP contribution in [0.2, 0.25) is 0 Å². The van der Waals surface area contributed by atoms with Crippen molar-refractivity contribution in [2.24, 2.45) is 5.41 Å². The van der Waals surface area contributed by atoms with Crippen LogP contribution in [-0.2, 0) is 6.54 Å². The topological polar surface area (TPSA) is 27.1 Å². The van der Waals surface area contributed by atoms with Crippen LogP contribution in [0.5, 0.6) is 0 Å². The first-order chi connectivity index (χ1) is 8.74. The molecule has 3 rings (SSSR count). The molecule has 1 heterocycles. The van der Waals surface area contributed by atoms with Crippen LogP contribution in [0.25, 0.3) is 0 Å². The van der Waals surface area contributed by atoms with Gasteiger partial charge in [0.1, 0.15) is 5.84 Å². The van der Waals surface area contributed by atoms with Crippen molar-refractivity contribution in [1.29, 1.82) is 5.41 Å². The molecule has 0 aromatic heterocycles. The molecule has 1 fully saturated rings.